The minimum Gasteiger partial charge on any atom is -0.481 e. The number of carboxylic acid groups (broad SMARTS) is 1. The van der Waals surface area contributed by atoms with Crippen molar-refractivity contribution in [2.75, 3.05) is 12.4 Å². The molecule has 2 saturated carbocycles. The van der Waals surface area contributed by atoms with E-state index in [0.29, 0.717) is 47.8 Å². The van der Waals surface area contributed by atoms with Crippen LogP contribution < -0.4 is 10.6 Å². The number of carboxylic acids is 1. The van der Waals surface area contributed by atoms with Crippen LogP contribution >= 0.6 is 11.6 Å². The monoisotopic (exact) mass is 538 g/mol. The number of unbranched alkanes of at least 4 members (excludes halogenated alkanes) is 1. The quantitative estimate of drug-likeness (QED) is 0.212. The maximum atomic E-state index is 12.6. The third kappa shape index (κ3) is 4.55. The minimum absolute atomic E-state index is 0.0180. The Labute approximate surface area is 223 Å². The van der Waals surface area contributed by atoms with E-state index in [0.717, 1.165) is 5.56 Å². The predicted molar refractivity (Wildman–Crippen MR) is 138 cm³/mol. The van der Waals surface area contributed by atoms with E-state index in [1.165, 1.54) is 13.4 Å². The molecule has 5 N–H and O–H groups in total. The van der Waals surface area contributed by atoms with Gasteiger partial charge >= 0.3 is 5.97 Å². The van der Waals surface area contributed by atoms with Gasteiger partial charge in [0, 0.05) is 37.4 Å². The first-order valence-corrected chi connectivity index (χ1v) is 12.7. The number of aliphatic hydroxyl groups is 2. The van der Waals surface area contributed by atoms with Crippen LogP contribution in [0.1, 0.15) is 43.1 Å². The Morgan fingerprint density at radius 1 is 1.29 bits per heavy atom. The molecule has 0 bridgehead atoms. The smallest absolute Gasteiger partial charge is 0.303 e. The van der Waals surface area contributed by atoms with Gasteiger partial charge in [-0.25, -0.2) is 15.0 Å². The lowest BCUT2D eigenvalue weighted by Gasteiger charge is -2.23. The molecule has 11 nitrogen and oxygen atoms in total. The van der Waals surface area contributed by atoms with Crippen LogP contribution in [0.4, 0.5) is 5.82 Å². The number of aliphatic hydroxyl groups excluding tert-OH is 2. The summed E-state index contributed by atoms with van der Waals surface area (Å²) in [5.74, 6) is 4.97. The van der Waals surface area contributed by atoms with Gasteiger partial charge < -0.3 is 30.5 Å². The van der Waals surface area contributed by atoms with Crippen LogP contribution in [-0.2, 0) is 16.1 Å². The van der Waals surface area contributed by atoms with Gasteiger partial charge in [-0.2, -0.15) is 0 Å². The molecule has 0 radical (unpaired) electrons. The van der Waals surface area contributed by atoms with Crippen LogP contribution in [-0.4, -0.2) is 66.0 Å². The lowest BCUT2D eigenvalue weighted by atomic mass is 9.98. The summed E-state index contributed by atoms with van der Waals surface area (Å²) in [6, 6.07) is 6.76. The molecule has 0 spiro atoms. The van der Waals surface area contributed by atoms with Gasteiger partial charge in [0.1, 0.15) is 6.10 Å². The van der Waals surface area contributed by atoms with E-state index in [4.69, 9.17) is 16.7 Å². The Bertz CT molecular complexity index is 1470. The zero-order valence-corrected chi connectivity index (χ0v) is 21.3. The predicted octanol–water partition coefficient (Wildman–Crippen LogP) is 1.73. The summed E-state index contributed by atoms with van der Waals surface area (Å²) in [5.41, 5.74) is 0.735. The molecule has 2 fully saturated rings. The number of benzene rings is 1. The van der Waals surface area contributed by atoms with Crippen molar-refractivity contribution in [3.05, 3.63) is 47.0 Å². The number of aromatic nitrogens is 4. The van der Waals surface area contributed by atoms with Crippen molar-refractivity contribution in [3.8, 4) is 11.8 Å². The zero-order chi connectivity index (χ0) is 27.0. The SMILES string of the molecule is CNC(=O)[C@@]12C[C@@H]1[C@@H](n1cnc3c(NCc4cccc(Cl)c4)nc(C#CCCCC(=O)O)nc31)C(O)C2O. The number of fused-ring (bicyclic) bond motifs is 2. The van der Waals surface area contributed by atoms with E-state index in [1.807, 2.05) is 18.2 Å². The molecule has 5 rings (SSSR count). The molecule has 5 atom stereocenters. The maximum absolute atomic E-state index is 12.6. The first-order valence-electron chi connectivity index (χ1n) is 12.3. The van der Waals surface area contributed by atoms with E-state index in [9.17, 15) is 19.8 Å². The minimum atomic E-state index is -1.22. The first kappa shape index (κ1) is 25.9. The highest BCUT2D eigenvalue weighted by molar-refractivity contribution is 6.30. The second kappa shape index (κ2) is 10.2. The number of carbonyl (C=O) groups is 2. The highest BCUT2D eigenvalue weighted by Crippen LogP contribution is 2.67. The highest BCUT2D eigenvalue weighted by Gasteiger charge is 2.75. The number of nitrogens with zero attached hydrogens (tertiary/aromatic N) is 4. The summed E-state index contributed by atoms with van der Waals surface area (Å²) < 4.78 is 1.69. The largest absolute Gasteiger partial charge is 0.481 e. The van der Waals surface area contributed by atoms with Crippen molar-refractivity contribution >= 4 is 40.5 Å². The van der Waals surface area contributed by atoms with Crippen LogP contribution in [0.15, 0.2) is 30.6 Å². The number of amides is 1. The van der Waals surface area contributed by atoms with Crippen LogP contribution in [0, 0.1) is 23.2 Å². The fraction of sp³-hybridized carbons (Fsp3) is 0.423. The summed E-state index contributed by atoms with van der Waals surface area (Å²) in [4.78, 5) is 37.0. The Hall–Kier alpha value is -3.72. The maximum Gasteiger partial charge on any atom is 0.303 e. The molecule has 2 unspecified atom stereocenters. The van der Waals surface area contributed by atoms with Gasteiger partial charge in [0.05, 0.1) is 23.9 Å². The number of aliphatic carboxylic acids is 1. The molecule has 1 aromatic carbocycles. The summed E-state index contributed by atoms with van der Waals surface area (Å²) in [6.07, 6.45) is 0.353. The molecule has 38 heavy (non-hydrogen) atoms. The van der Waals surface area contributed by atoms with Crippen LogP contribution in [0.25, 0.3) is 11.2 Å². The van der Waals surface area contributed by atoms with Crippen LogP contribution in [0.2, 0.25) is 5.02 Å². The standard InChI is InChI=1S/C26H27ClN6O5/c1-28-25(38)26-11-16(26)20(21(36)22(26)37)33-13-30-19-23(29-12-14-6-5-7-15(27)10-14)31-17(32-24(19)33)8-3-2-4-9-18(34)35/h5-7,10,13,16,20-22,36-37H,2,4,9,11-12H2,1H3,(H,28,38)(H,34,35)(H,29,31,32)/t16-,20-,21?,22?,26+/m1/s1. The summed E-state index contributed by atoms with van der Waals surface area (Å²) in [6.45, 7) is 0.401. The molecule has 0 aliphatic heterocycles. The molecule has 3 aromatic rings. The van der Waals surface area contributed by atoms with Gasteiger partial charge in [0.15, 0.2) is 17.0 Å². The van der Waals surface area contributed by atoms with Crippen molar-refractivity contribution in [3.63, 3.8) is 0 Å². The molecule has 2 heterocycles. The van der Waals surface area contributed by atoms with Crippen molar-refractivity contribution in [2.24, 2.45) is 11.3 Å². The molecular formula is C26H27ClN6O5. The number of carbonyl (C=O) groups excluding carboxylic acids is 1. The zero-order valence-electron chi connectivity index (χ0n) is 20.6. The topological polar surface area (TPSA) is 162 Å². The van der Waals surface area contributed by atoms with Gasteiger partial charge in [0.2, 0.25) is 11.7 Å². The molecule has 2 aliphatic carbocycles. The number of nitrogens with one attached hydrogen (secondary N) is 2. The Balaban J connectivity index is 1.50. The van der Waals surface area contributed by atoms with E-state index in [-0.39, 0.29) is 24.1 Å². The average molecular weight is 539 g/mol. The Morgan fingerprint density at radius 2 is 2.11 bits per heavy atom. The van der Waals surface area contributed by atoms with Gasteiger partial charge in [-0.3, -0.25) is 9.59 Å². The Morgan fingerprint density at radius 3 is 2.84 bits per heavy atom. The molecular weight excluding hydrogens is 512 g/mol. The number of imidazole rings is 1. The van der Waals surface area contributed by atoms with Gasteiger partial charge in [-0.05, 0) is 36.5 Å². The fourth-order valence-electron chi connectivity index (χ4n) is 5.40. The molecule has 2 aliphatic rings. The second-order valence-electron chi connectivity index (χ2n) is 9.61. The average Bonchev–Trinajstić information content (AvgIpc) is 3.43. The number of rotatable bonds is 8. The summed E-state index contributed by atoms with van der Waals surface area (Å²) in [7, 11) is 1.51. The number of halogens is 1. The number of hydrogen-bond acceptors (Lipinski definition) is 8. The highest BCUT2D eigenvalue weighted by atomic mass is 35.5. The lowest BCUT2D eigenvalue weighted by molar-refractivity contribution is -0.137. The molecule has 198 valence electrons. The number of anilines is 1. The third-order valence-corrected chi connectivity index (χ3v) is 7.54. The lowest BCUT2D eigenvalue weighted by Crippen LogP contribution is -2.41. The second-order valence-corrected chi connectivity index (χ2v) is 10.0. The van der Waals surface area contributed by atoms with Crippen molar-refractivity contribution in [1.29, 1.82) is 0 Å². The molecule has 2 aromatic heterocycles. The normalized spacial score (nSPS) is 25.4. The van der Waals surface area contributed by atoms with Crippen molar-refractivity contribution in [1.82, 2.24) is 24.8 Å². The van der Waals surface area contributed by atoms with Crippen molar-refractivity contribution in [2.45, 2.75) is 50.5 Å². The van der Waals surface area contributed by atoms with Crippen LogP contribution in [0.5, 0.6) is 0 Å². The molecule has 1 amide bonds. The van der Waals surface area contributed by atoms with Gasteiger partial charge in [-0.1, -0.05) is 29.7 Å². The van der Waals surface area contributed by atoms with Crippen molar-refractivity contribution < 1.29 is 24.9 Å². The fourth-order valence-corrected chi connectivity index (χ4v) is 5.62. The third-order valence-electron chi connectivity index (χ3n) is 7.31. The van der Waals surface area contributed by atoms with E-state index < -0.39 is 29.6 Å². The van der Waals surface area contributed by atoms with E-state index in [2.05, 4.69) is 37.4 Å². The van der Waals surface area contributed by atoms with Gasteiger partial charge in [-0.15, -0.1) is 0 Å². The summed E-state index contributed by atoms with van der Waals surface area (Å²) >= 11 is 6.12. The molecule has 0 saturated heterocycles. The number of hydrogen-bond donors (Lipinski definition) is 5. The van der Waals surface area contributed by atoms with E-state index in [1.54, 1.807) is 10.6 Å². The summed E-state index contributed by atoms with van der Waals surface area (Å²) in [5, 5.41) is 37.0. The van der Waals surface area contributed by atoms with Gasteiger partial charge in [0.25, 0.3) is 0 Å². The van der Waals surface area contributed by atoms with Crippen LogP contribution in [0.3, 0.4) is 0 Å². The Kier molecular flexibility index (Phi) is 6.96. The first-order chi connectivity index (χ1) is 18.3. The van der Waals surface area contributed by atoms with E-state index >= 15 is 0 Å². The molecule has 12 heteroatoms.